The lowest BCUT2D eigenvalue weighted by atomic mass is 10.2. The molecule has 1 aromatic carbocycles. The van der Waals surface area contributed by atoms with Crippen LogP contribution in [0.15, 0.2) is 17.0 Å². The molecule has 1 rings (SSSR count). The molecule has 0 spiro atoms. The lowest BCUT2D eigenvalue weighted by Crippen LogP contribution is -2.37. The number of nitrogen functional groups attached to an aromatic ring is 1. The number of hydrogen-bond acceptors (Lipinski definition) is 5. The van der Waals surface area contributed by atoms with Crippen LogP contribution in [0.5, 0.6) is 5.75 Å². The SMILES string of the molecule is CC[C@@H](CO)NS(=O)(=O)c1cc(N)c(C)cc1OC. The summed E-state index contributed by atoms with van der Waals surface area (Å²) >= 11 is 0. The van der Waals surface area contributed by atoms with Crippen molar-refractivity contribution in [2.24, 2.45) is 0 Å². The summed E-state index contributed by atoms with van der Waals surface area (Å²) in [6, 6.07) is 2.40. The van der Waals surface area contributed by atoms with Gasteiger partial charge in [0.25, 0.3) is 0 Å². The Morgan fingerprint density at radius 3 is 2.58 bits per heavy atom. The van der Waals surface area contributed by atoms with E-state index in [1.165, 1.54) is 13.2 Å². The van der Waals surface area contributed by atoms with Gasteiger partial charge in [-0.2, -0.15) is 0 Å². The van der Waals surface area contributed by atoms with Crippen molar-refractivity contribution >= 4 is 15.7 Å². The molecule has 0 aliphatic heterocycles. The molecular weight excluding hydrogens is 268 g/mol. The molecule has 0 aliphatic rings. The van der Waals surface area contributed by atoms with Gasteiger partial charge in [0.05, 0.1) is 13.7 Å². The Morgan fingerprint density at radius 2 is 2.11 bits per heavy atom. The predicted octanol–water partition coefficient (Wildman–Crippen LogP) is 0.635. The molecule has 1 atom stereocenters. The van der Waals surface area contributed by atoms with Crippen LogP contribution in [0.1, 0.15) is 18.9 Å². The second-order valence-corrected chi connectivity index (χ2v) is 5.95. The van der Waals surface area contributed by atoms with Crippen LogP contribution in [0.25, 0.3) is 0 Å². The Morgan fingerprint density at radius 1 is 1.47 bits per heavy atom. The molecule has 0 saturated carbocycles. The molecule has 108 valence electrons. The van der Waals surface area contributed by atoms with Gasteiger partial charge in [0.15, 0.2) is 0 Å². The first-order valence-electron chi connectivity index (χ1n) is 5.93. The molecule has 0 bridgehead atoms. The van der Waals surface area contributed by atoms with Gasteiger partial charge in [-0.3, -0.25) is 0 Å². The zero-order valence-corrected chi connectivity index (χ0v) is 12.1. The summed E-state index contributed by atoms with van der Waals surface area (Å²) in [6.45, 7) is 3.29. The molecule has 4 N–H and O–H groups in total. The summed E-state index contributed by atoms with van der Waals surface area (Å²) in [4.78, 5) is -0.0231. The van der Waals surface area contributed by atoms with Crippen molar-refractivity contribution in [3.63, 3.8) is 0 Å². The molecule has 6 nitrogen and oxygen atoms in total. The molecule has 7 heteroatoms. The van der Waals surface area contributed by atoms with E-state index in [0.29, 0.717) is 12.1 Å². The van der Waals surface area contributed by atoms with Crippen LogP contribution in [-0.4, -0.2) is 33.3 Å². The minimum absolute atomic E-state index is 0.0231. The standard InChI is InChI=1S/C12H20N2O4S/c1-4-9(7-15)14-19(16,17)12-6-10(13)8(2)5-11(12)18-3/h5-6,9,14-15H,4,7,13H2,1-3H3/t9-/m0/s1. The van der Waals surface area contributed by atoms with Gasteiger partial charge >= 0.3 is 0 Å². The molecule has 0 heterocycles. The molecule has 1 aromatic rings. The zero-order chi connectivity index (χ0) is 14.6. The van der Waals surface area contributed by atoms with Crippen molar-refractivity contribution in [3.8, 4) is 5.75 Å². The van der Waals surface area contributed by atoms with Crippen molar-refractivity contribution in [1.82, 2.24) is 4.72 Å². The van der Waals surface area contributed by atoms with Crippen molar-refractivity contribution in [2.75, 3.05) is 19.5 Å². The van der Waals surface area contributed by atoms with Crippen molar-refractivity contribution in [3.05, 3.63) is 17.7 Å². The monoisotopic (exact) mass is 288 g/mol. The highest BCUT2D eigenvalue weighted by atomic mass is 32.2. The molecule has 0 fully saturated rings. The first-order valence-corrected chi connectivity index (χ1v) is 7.41. The maximum Gasteiger partial charge on any atom is 0.244 e. The maximum atomic E-state index is 12.2. The average Bonchev–Trinajstić information content (AvgIpc) is 2.38. The highest BCUT2D eigenvalue weighted by Crippen LogP contribution is 2.28. The Balaban J connectivity index is 3.24. The number of aliphatic hydroxyl groups excluding tert-OH is 1. The molecule has 19 heavy (non-hydrogen) atoms. The van der Waals surface area contributed by atoms with Crippen molar-refractivity contribution in [2.45, 2.75) is 31.2 Å². The highest BCUT2D eigenvalue weighted by Gasteiger charge is 2.23. The number of hydrogen-bond donors (Lipinski definition) is 3. The van der Waals surface area contributed by atoms with Crippen LogP contribution in [0.4, 0.5) is 5.69 Å². The highest BCUT2D eigenvalue weighted by molar-refractivity contribution is 7.89. The largest absolute Gasteiger partial charge is 0.495 e. The number of nitrogens with one attached hydrogen (secondary N) is 1. The summed E-state index contributed by atoms with van der Waals surface area (Å²) in [5.41, 5.74) is 6.85. The second-order valence-electron chi connectivity index (χ2n) is 4.27. The van der Waals surface area contributed by atoms with Crippen molar-refractivity contribution in [1.29, 1.82) is 0 Å². The number of rotatable bonds is 6. The van der Waals surface area contributed by atoms with E-state index in [1.54, 1.807) is 19.9 Å². The van der Waals surface area contributed by atoms with Gasteiger partial charge in [-0.05, 0) is 31.0 Å². The third-order valence-corrected chi connectivity index (χ3v) is 4.42. The molecule has 0 unspecified atom stereocenters. The van der Waals surface area contributed by atoms with E-state index in [9.17, 15) is 8.42 Å². The van der Waals surface area contributed by atoms with Gasteiger partial charge in [0, 0.05) is 11.7 Å². The topological polar surface area (TPSA) is 102 Å². The van der Waals surface area contributed by atoms with Gasteiger partial charge in [-0.1, -0.05) is 6.92 Å². The fraction of sp³-hybridized carbons (Fsp3) is 0.500. The van der Waals surface area contributed by atoms with E-state index in [0.717, 1.165) is 5.56 Å². The zero-order valence-electron chi connectivity index (χ0n) is 11.3. The Bertz CT molecular complexity index is 539. The minimum atomic E-state index is -3.78. The quantitative estimate of drug-likeness (QED) is 0.667. The van der Waals surface area contributed by atoms with E-state index < -0.39 is 16.1 Å². The minimum Gasteiger partial charge on any atom is -0.495 e. The van der Waals surface area contributed by atoms with Gasteiger partial charge < -0.3 is 15.6 Å². The molecule has 0 amide bonds. The number of sulfonamides is 1. The Labute approximate surface area is 113 Å². The third kappa shape index (κ3) is 3.59. The number of aliphatic hydroxyl groups is 1. The number of ether oxygens (including phenoxy) is 1. The third-order valence-electron chi connectivity index (χ3n) is 2.88. The lowest BCUT2D eigenvalue weighted by Gasteiger charge is -2.17. The maximum absolute atomic E-state index is 12.2. The first-order chi connectivity index (χ1) is 8.85. The second kappa shape index (κ2) is 6.23. The lowest BCUT2D eigenvalue weighted by molar-refractivity contribution is 0.253. The molecule has 0 radical (unpaired) electrons. The molecule has 0 aromatic heterocycles. The normalized spacial score (nSPS) is 13.3. The van der Waals surface area contributed by atoms with Crippen LogP contribution in [0, 0.1) is 6.92 Å². The van der Waals surface area contributed by atoms with E-state index in [2.05, 4.69) is 4.72 Å². The van der Waals surface area contributed by atoms with Gasteiger partial charge in [-0.15, -0.1) is 0 Å². The Hall–Kier alpha value is -1.31. The first kappa shape index (κ1) is 15.7. The van der Waals surface area contributed by atoms with Gasteiger partial charge in [0.2, 0.25) is 10.0 Å². The number of methoxy groups -OCH3 is 1. The van der Waals surface area contributed by atoms with Crippen LogP contribution in [0.2, 0.25) is 0 Å². The van der Waals surface area contributed by atoms with E-state index in [4.69, 9.17) is 15.6 Å². The van der Waals surface area contributed by atoms with Crippen molar-refractivity contribution < 1.29 is 18.3 Å². The number of anilines is 1. The summed E-state index contributed by atoms with van der Waals surface area (Å²) in [5, 5.41) is 9.08. The fourth-order valence-electron chi connectivity index (χ4n) is 1.58. The molecule has 0 aliphatic carbocycles. The average molecular weight is 288 g/mol. The van der Waals surface area contributed by atoms with Gasteiger partial charge in [0.1, 0.15) is 10.6 Å². The van der Waals surface area contributed by atoms with Gasteiger partial charge in [-0.25, -0.2) is 13.1 Å². The summed E-state index contributed by atoms with van der Waals surface area (Å²) in [5.74, 6) is 0.229. The van der Waals surface area contributed by atoms with Crippen LogP contribution in [-0.2, 0) is 10.0 Å². The van der Waals surface area contributed by atoms with E-state index >= 15 is 0 Å². The predicted molar refractivity (Wildman–Crippen MR) is 73.6 cm³/mol. The summed E-state index contributed by atoms with van der Waals surface area (Å²) in [6.07, 6.45) is 0.486. The van der Waals surface area contributed by atoms with E-state index in [1.807, 2.05) is 0 Å². The molecule has 0 saturated heterocycles. The Kier molecular flexibility index (Phi) is 5.16. The number of aryl methyl sites for hydroxylation is 1. The fourth-order valence-corrected chi connectivity index (χ4v) is 3.08. The van der Waals surface area contributed by atoms with E-state index in [-0.39, 0.29) is 17.3 Å². The smallest absolute Gasteiger partial charge is 0.244 e. The summed E-state index contributed by atoms with van der Waals surface area (Å²) in [7, 11) is -2.38. The summed E-state index contributed by atoms with van der Waals surface area (Å²) < 4.78 is 32.0. The number of nitrogens with two attached hydrogens (primary N) is 1. The number of benzene rings is 1. The van der Waals surface area contributed by atoms with Crippen LogP contribution < -0.4 is 15.2 Å². The van der Waals surface area contributed by atoms with Crippen LogP contribution in [0.3, 0.4) is 0 Å². The van der Waals surface area contributed by atoms with Crippen LogP contribution >= 0.6 is 0 Å². The molecular formula is C12H20N2O4S.